The predicted molar refractivity (Wildman–Crippen MR) is 73.5 cm³/mol. The Morgan fingerprint density at radius 2 is 1.31 bits per heavy atom. The second kappa shape index (κ2) is 6.70. The standard InChI is InChI=1S/C14H24N.CH4/c1-5-15(6-2,7-3)12-14-10-8-13(4)9-11-14;/h8-11H,5-7,12H2,1-4H3;1H4/q+1;. The van der Waals surface area contributed by atoms with Crippen LogP contribution >= 0.6 is 0 Å². The molecule has 16 heavy (non-hydrogen) atoms. The number of quaternary nitrogens is 1. The maximum Gasteiger partial charge on any atom is 0.104 e. The molecule has 0 atom stereocenters. The van der Waals surface area contributed by atoms with Gasteiger partial charge in [-0.1, -0.05) is 37.3 Å². The number of hydrogen-bond donors (Lipinski definition) is 0. The lowest BCUT2D eigenvalue weighted by Crippen LogP contribution is -2.46. The van der Waals surface area contributed by atoms with Crippen LogP contribution in [0, 0.1) is 6.92 Å². The predicted octanol–water partition coefficient (Wildman–Crippen LogP) is 4.01. The summed E-state index contributed by atoms with van der Waals surface area (Å²) >= 11 is 0. The van der Waals surface area contributed by atoms with Gasteiger partial charge in [-0.3, -0.25) is 0 Å². The van der Waals surface area contributed by atoms with Crippen molar-refractivity contribution in [3.8, 4) is 0 Å². The molecule has 0 fully saturated rings. The molecule has 0 saturated heterocycles. The molecule has 1 aromatic rings. The molecule has 0 aliphatic heterocycles. The molecule has 0 unspecified atom stereocenters. The SMILES string of the molecule is C.CC[N+](CC)(CC)Cc1ccc(C)cc1. The second-order valence-electron chi connectivity index (χ2n) is 4.43. The third-order valence-corrected chi connectivity index (χ3v) is 3.65. The molecule has 0 heterocycles. The largest absolute Gasteiger partial charge is 0.321 e. The van der Waals surface area contributed by atoms with Gasteiger partial charge in [-0.25, -0.2) is 0 Å². The summed E-state index contributed by atoms with van der Waals surface area (Å²) in [6, 6.07) is 8.96. The maximum absolute atomic E-state index is 2.29. The molecular formula is C15H28N+. The van der Waals surface area contributed by atoms with Crippen molar-refractivity contribution in [2.75, 3.05) is 19.6 Å². The van der Waals surface area contributed by atoms with Crippen molar-refractivity contribution >= 4 is 0 Å². The normalized spacial score (nSPS) is 11.0. The zero-order valence-electron chi connectivity index (χ0n) is 10.6. The van der Waals surface area contributed by atoms with Crippen molar-refractivity contribution in [2.45, 2.75) is 41.7 Å². The van der Waals surface area contributed by atoms with Gasteiger partial charge in [-0.15, -0.1) is 0 Å². The average Bonchev–Trinajstić information content (AvgIpc) is 2.29. The lowest BCUT2D eigenvalue weighted by Gasteiger charge is -2.35. The van der Waals surface area contributed by atoms with Crippen LogP contribution in [0.15, 0.2) is 24.3 Å². The van der Waals surface area contributed by atoms with Crippen molar-refractivity contribution in [1.82, 2.24) is 0 Å². The molecule has 1 nitrogen and oxygen atoms in total. The first-order valence-electron chi connectivity index (χ1n) is 6.06. The summed E-state index contributed by atoms with van der Waals surface area (Å²) in [5.41, 5.74) is 2.81. The monoisotopic (exact) mass is 222 g/mol. The molecule has 0 bridgehead atoms. The van der Waals surface area contributed by atoms with E-state index in [1.807, 2.05) is 0 Å². The van der Waals surface area contributed by atoms with Crippen molar-refractivity contribution in [1.29, 1.82) is 0 Å². The highest BCUT2D eigenvalue weighted by Gasteiger charge is 2.20. The van der Waals surface area contributed by atoms with Gasteiger partial charge in [0.25, 0.3) is 0 Å². The lowest BCUT2D eigenvalue weighted by molar-refractivity contribution is -0.936. The van der Waals surface area contributed by atoms with Gasteiger partial charge in [0, 0.05) is 5.56 Å². The number of benzene rings is 1. The molecular weight excluding hydrogens is 194 g/mol. The topological polar surface area (TPSA) is 0 Å². The molecule has 0 radical (unpaired) electrons. The first kappa shape index (κ1) is 15.2. The Morgan fingerprint density at radius 3 is 1.69 bits per heavy atom. The minimum atomic E-state index is 0. The Morgan fingerprint density at radius 1 is 0.875 bits per heavy atom. The van der Waals surface area contributed by atoms with Crippen molar-refractivity contribution < 1.29 is 4.48 Å². The number of rotatable bonds is 5. The first-order chi connectivity index (χ1) is 7.15. The molecule has 0 saturated carbocycles. The molecule has 0 amide bonds. The van der Waals surface area contributed by atoms with Crippen molar-refractivity contribution in [3.63, 3.8) is 0 Å². The van der Waals surface area contributed by atoms with Crippen LogP contribution in [0.3, 0.4) is 0 Å². The van der Waals surface area contributed by atoms with E-state index in [0.717, 1.165) is 0 Å². The highest BCUT2D eigenvalue weighted by atomic mass is 15.3. The number of aryl methyl sites for hydroxylation is 1. The van der Waals surface area contributed by atoms with Crippen LogP contribution in [0.1, 0.15) is 39.3 Å². The highest BCUT2D eigenvalue weighted by Crippen LogP contribution is 2.14. The zero-order chi connectivity index (χ0) is 11.3. The molecule has 0 N–H and O–H groups in total. The minimum absolute atomic E-state index is 0. The summed E-state index contributed by atoms with van der Waals surface area (Å²) in [7, 11) is 0. The van der Waals surface area contributed by atoms with Gasteiger partial charge >= 0.3 is 0 Å². The molecule has 0 aliphatic rings. The second-order valence-corrected chi connectivity index (χ2v) is 4.43. The molecule has 1 aromatic carbocycles. The van der Waals surface area contributed by atoms with Gasteiger partial charge < -0.3 is 4.48 Å². The smallest absolute Gasteiger partial charge is 0.104 e. The fraction of sp³-hybridized carbons (Fsp3) is 0.600. The minimum Gasteiger partial charge on any atom is -0.321 e. The van der Waals surface area contributed by atoms with Crippen molar-refractivity contribution in [2.24, 2.45) is 0 Å². The lowest BCUT2D eigenvalue weighted by atomic mass is 10.1. The molecule has 1 rings (SSSR count). The summed E-state index contributed by atoms with van der Waals surface area (Å²) in [5.74, 6) is 0. The van der Waals surface area contributed by atoms with E-state index in [0.29, 0.717) is 0 Å². The summed E-state index contributed by atoms with van der Waals surface area (Å²) in [4.78, 5) is 0. The van der Waals surface area contributed by atoms with Gasteiger partial charge in [0.2, 0.25) is 0 Å². The van der Waals surface area contributed by atoms with Crippen LogP contribution in [0.5, 0.6) is 0 Å². The Balaban J connectivity index is 0.00000225. The quantitative estimate of drug-likeness (QED) is 0.660. The summed E-state index contributed by atoms with van der Waals surface area (Å²) < 4.78 is 1.20. The van der Waals surface area contributed by atoms with Gasteiger partial charge in [-0.05, 0) is 27.7 Å². The van der Waals surface area contributed by atoms with Crippen LogP contribution in [-0.2, 0) is 6.54 Å². The first-order valence-corrected chi connectivity index (χ1v) is 6.06. The Hall–Kier alpha value is -0.820. The average molecular weight is 222 g/mol. The van der Waals surface area contributed by atoms with Gasteiger partial charge in [-0.2, -0.15) is 0 Å². The fourth-order valence-corrected chi connectivity index (χ4v) is 2.09. The molecule has 0 aromatic heterocycles. The van der Waals surface area contributed by atoms with Crippen LogP contribution in [0.25, 0.3) is 0 Å². The fourth-order valence-electron chi connectivity index (χ4n) is 2.09. The van der Waals surface area contributed by atoms with E-state index in [2.05, 4.69) is 52.0 Å². The van der Waals surface area contributed by atoms with Gasteiger partial charge in [0.15, 0.2) is 0 Å². The Labute approximate surface area is 102 Å². The summed E-state index contributed by atoms with van der Waals surface area (Å²) in [5, 5.41) is 0. The van der Waals surface area contributed by atoms with Crippen LogP contribution in [0.4, 0.5) is 0 Å². The highest BCUT2D eigenvalue weighted by molar-refractivity contribution is 5.20. The van der Waals surface area contributed by atoms with E-state index in [-0.39, 0.29) is 7.43 Å². The molecule has 92 valence electrons. The molecule has 0 spiro atoms. The van der Waals surface area contributed by atoms with E-state index in [1.54, 1.807) is 0 Å². The van der Waals surface area contributed by atoms with Gasteiger partial charge in [0.05, 0.1) is 19.6 Å². The van der Waals surface area contributed by atoms with Crippen molar-refractivity contribution in [3.05, 3.63) is 35.4 Å². The van der Waals surface area contributed by atoms with E-state index in [9.17, 15) is 0 Å². The summed E-state index contributed by atoms with van der Waals surface area (Å²) in [6.45, 7) is 13.9. The number of nitrogens with zero attached hydrogens (tertiary/aromatic N) is 1. The number of hydrogen-bond acceptors (Lipinski definition) is 0. The van der Waals surface area contributed by atoms with Crippen LogP contribution in [0.2, 0.25) is 0 Å². The zero-order valence-corrected chi connectivity index (χ0v) is 10.6. The third kappa shape index (κ3) is 3.64. The van der Waals surface area contributed by atoms with E-state index < -0.39 is 0 Å². The van der Waals surface area contributed by atoms with E-state index in [1.165, 1.54) is 41.8 Å². The molecule has 1 heteroatoms. The Bertz CT molecular complexity index is 275. The third-order valence-electron chi connectivity index (χ3n) is 3.65. The van der Waals surface area contributed by atoms with Crippen LogP contribution in [-0.4, -0.2) is 24.1 Å². The van der Waals surface area contributed by atoms with Gasteiger partial charge in [0.1, 0.15) is 6.54 Å². The van der Waals surface area contributed by atoms with Crippen LogP contribution < -0.4 is 0 Å². The Kier molecular flexibility index (Phi) is 6.35. The summed E-state index contributed by atoms with van der Waals surface area (Å²) in [6.07, 6.45) is 0. The molecule has 0 aliphatic carbocycles. The maximum atomic E-state index is 2.29. The van der Waals surface area contributed by atoms with E-state index >= 15 is 0 Å². The van der Waals surface area contributed by atoms with E-state index in [4.69, 9.17) is 0 Å².